The van der Waals surface area contributed by atoms with Gasteiger partial charge in [-0.05, 0) is 56.8 Å². The highest BCUT2D eigenvalue weighted by molar-refractivity contribution is 5.32. The number of ether oxygens (including phenoxy) is 1. The average Bonchev–Trinajstić information content (AvgIpc) is 2.36. The van der Waals surface area contributed by atoms with Crippen molar-refractivity contribution in [2.24, 2.45) is 5.92 Å². The molecule has 1 N–H and O–H groups in total. The Morgan fingerprint density at radius 3 is 2.59 bits per heavy atom. The minimum Gasteiger partial charge on any atom is -0.376 e. The first-order valence-corrected chi connectivity index (χ1v) is 6.53. The van der Waals surface area contributed by atoms with E-state index in [1.54, 1.807) is 0 Å². The summed E-state index contributed by atoms with van der Waals surface area (Å²) in [6.45, 7) is 6.57. The van der Waals surface area contributed by atoms with Crippen LogP contribution in [-0.4, -0.2) is 20.2 Å². The Labute approximate surface area is 104 Å². The van der Waals surface area contributed by atoms with E-state index in [1.807, 2.05) is 7.11 Å². The Balaban J connectivity index is 2.24. The lowest BCUT2D eigenvalue weighted by atomic mass is 9.86. The third-order valence-corrected chi connectivity index (χ3v) is 3.81. The number of aryl methyl sites for hydroxylation is 2. The van der Waals surface area contributed by atoms with Gasteiger partial charge in [0.1, 0.15) is 0 Å². The maximum Gasteiger partial charge on any atom is 0.0852 e. The minimum absolute atomic E-state index is 0.261. The lowest BCUT2D eigenvalue weighted by Gasteiger charge is -2.31. The number of methoxy groups -OCH3 is 1. The quantitative estimate of drug-likeness (QED) is 0.866. The molecule has 0 bridgehead atoms. The Morgan fingerprint density at radius 1 is 1.24 bits per heavy atom. The average molecular weight is 233 g/mol. The van der Waals surface area contributed by atoms with Crippen LogP contribution in [0.4, 0.5) is 0 Å². The lowest BCUT2D eigenvalue weighted by Crippen LogP contribution is -2.31. The third kappa shape index (κ3) is 2.88. The summed E-state index contributed by atoms with van der Waals surface area (Å²) < 4.78 is 5.78. The summed E-state index contributed by atoms with van der Waals surface area (Å²) in [7, 11) is 1.84. The zero-order chi connectivity index (χ0) is 12.3. The van der Waals surface area contributed by atoms with Gasteiger partial charge in [0.25, 0.3) is 0 Å². The van der Waals surface area contributed by atoms with Crippen molar-refractivity contribution in [1.82, 2.24) is 5.32 Å². The van der Waals surface area contributed by atoms with Crippen molar-refractivity contribution in [1.29, 1.82) is 0 Å². The summed E-state index contributed by atoms with van der Waals surface area (Å²) in [5, 5.41) is 3.42. The van der Waals surface area contributed by atoms with Gasteiger partial charge in [-0.25, -0.2) is 0 Å². The first kappa shape index (κ1) is 12.6. The largest absolute Gasteiger partial charge is 0.376 e. The predicted molar refractivity (Wildman–Crippen MR) is 71.3 cm³/mol. The van der Waals surface area contributed by atoms with E-state index in [9.17, 15) is 0 Å². The molecule has 1 aromatic rings. The van der Waals surface area contributed by atoms with Crippen molar-refractivity contribution < 1.29 is 4.74 Å². The highest BCUT2D eigenvalue weighted by Gasteiger charge is 2.25. The Hall–Kier alpha value is -0.860. The van der Waals surface area contributed by atoms with Crippen LogP contribution in [0.25, 0.3) is 0 Å². The molecule has 1 atom stereocenters. The maximum atomic E-state index is 5.78. The molecule has 0 saturated carbocycles. The van der Waals surface area contributed by atoms with Crippen molar-refractivity contribution in [3.05, 3.63) is 34.9 Å². The van der Waals surface area contributed by atoms with Gasteiger partial charge >= 0.3 is 0 Å². The van der Waals surface area contributed by atoms with Gasteiger partial charge in [0.05, 0.1) is 6.10 Å². The lowest BCUT2D eigenvalue weighted by molar-refractivity contribution is 0.0378. The number of hydrogen-bond donors (Lipinski definition) is 1. The van der Waals surface area contributed by atoms with Crippen LogP contribution < -0.4 is 5.32 Å². The van der Waals surface area contributed by atoms with Crippen LogP contribution in [0.1, 0.15) is 35.6 Å². The summed E-state index contributed by atoms with van der Waals surface area (Å²) in [4.78, 5) is 0. The number of piperidine rings is 1. The zero-order valence-electron chi connectivity index (χ0n) is 11.1. The molecule has 94 valence electrons. The van der Waals surface area contributed by atoms with Crippen LogP contribution in [0.2, 0.25) is 0 Å². The van der Waals surface area contributed by atoms with Crippen LogP contribution in [0.3, 0.4) is 0 Å². The molecule has 2 nitrogen and oxygen atoms in total. The molecule has 1 unspecified atom stereocenters. The monoisotopic (exact) mass is 233 g/mol. The van der Waals surface area contributed by atoms with Gasteiger partial charge in [-0.1, -0.05) is 23.8 Å². The standard InChI is InChI=1S/C15H23NO/c1-11-4-5-12(2)14(10-11)15(17-3)13-6-8-16-9-7-13/h4-5,10,13,15-16H,6-9H2,1-3H3. The molecule has 0 spiro atoms. The first-order chi connectivity index (χ1) is 8.22. The number of nitrogens with one attached hydrogen (secondary N) is 1. The van der Waals surface area contributed by atoms with Gasteiger partial charge < -0.3 is 10.1 Å². The molecule has 0 amide bonds. The second-order valence-corrected chi connectivity index (χ2v) is 5.10. The van der Waals surface area contributed by atoms with Crippen molar-refractivity contribution in [3.63, 3.8) is 0 Å². The Morgan fingerprint density at radius 2 is 1.94 bits per heavy atom. The SMILES string of the molecule is COC(c1cc(C)ccc1C)C1CCNCC1. The number of rotatable bonds is 3. The molecule has 0 aromatic heterocycles. The summed E-state index contributed by atoms with van der Waals surface area (Å²) >= 11 is 0. The molecule has 2 heteroatoms. The fraction of sp³-hybridized carbons (Fsp3) is 0.600. The highest BCUT2D eigenvalue weighted by Crippen LogP contribution is 2.33. The van der Waals surface area contributed by atoms with E-state index in [2.05, 4.69) is 37.4 Å². The molecule has 1 heterocycles. The maximum absolute atomic E-state index is 5.78. The second kappa shape index (κ2) is 5.65. The van der Waals surface area contributed by atoms with Crippen LogP contribution in [0, 0.1) is 19.8 Å². The van der Waals surface area contributed by atoms with Crippen molar-refractivity contribution >= 4 is 0 Å². The van der Waals surface area contributed by atoms with Gasteiger partial charge in [-0.2, -0.15) is 0 Å². The third-order valence-electron chi connectivity index (χ3n) is 3.81. The van der Waals surface area contributed by atoms with Gasteiger partial charge in [-0.15, -0.1) is 0 Å². The van der Waals surface area contributed by atoms with E-state index >= 15 is 0 Å². The molecule has 1 aliphatic heterocycles. The summed E-state index contributed by atoms with van der Waals surface area (Å²) in [5.74, 6) is 0.654. The smallest absolute Gasteiger partial charge is 0.0852 e. The summed E-state index contributed by atoms with van der Waals surface area (Å²) in [6.07, 6.45) is 2.69. The molecule has 1 fully saturated rings. The molecule has 1 saturated heterocycles. The van der Waals surface area contributed by atoms with Crippen molar-refractivity contribution in [3.8, 4) is 0 Å². The van der Waals surface area contributed by atoms with Crippen LogP contribution >= 0.6 is 0 Å². The Bertz CT molecular complexity index is 369. The van der Waals surface area contributed by atoms with Gasteiger partial charge in [0, 0.05) is 7.11 Å². The molecule has 0 radical (unpaired) electrons. The normalized spacial score (nSPS) is 19.2. The molecule has 0 aliphatic carbocycles. The molecule has 1 aromatic carbocycles. The number of hydrogen-bond acceptors (Lipinski definition) is 2. The van der Waals surface area contributed by atoms with E-state index in [0.29, 0.717) is 5.92 Å². The predicted octanol–water partition coefficient (Wildman–Crippen LogP) is 2.99. The fourth-order valence-corrected chi connectivity index (χ4v) is 2.79. The second-order valence-electron chi connectivity index (χ2n) is 5.10. The molecular weight excluding hydrogens is 210 g/mol. The highest BCUT2D eigenvalue weighted by atomic mass is 16.5. The van der Waals surface area contributed by atoms with Crippen LogP contribution in [-0.2, 0) is 4.74 Å². The number of benzene rings is 1. The molecular formula is C15H23NO. The van der Waals surface area contributed by atoms with E-state index in [4.69, 9.17) is 4.74 Å². The van der Waals surface area contributed by atoms with Crippen LogP contribution in [0.5, 0.6) is 0 Å². The van der Waals surface area contributed by atoms with E-state index < -0.39 is 0 Å². The van der Waals surface area contributed by atoms with Gasteiger partial charge in [-0.3, -0.25) is 0 Å². The topological polar surface area (TPSA) is 21.3 Å². The van der Waals surface area contributed by atoms with Gasteiger partial charge in [0.15, 0.2) is 0 Å². The van der Waals surface area contributed by atoms with Crippen molar-refractivity contribution in [2.75, 3.05) is 20.2 Å². The van der Waals surface area contributed by atoms with Crippen molar-refractivity contribution in [2.45, 2.75) is 32.8 Å². The van der Waals surface area contributed by atoms with E-state index in [0.717, 1.165) is 13.1 Å². The Kier molecular flexibility index (Phi) is 4.19. The minimum atomic E-state index is 0.261. The molecule has 17 heavy (non-hydrogen) atoms. The van der Waals surface area contributed by atoms with Crippen LogP contribution in [0.15, 0.2) is 18.2 Å². The molecule has 2 rings (SSSR count). The first-order valence-electron chi connectivity index (χ1n) is 6.53. The van der Waals surface area contributed by atoms with E-state index in [1.165, 1.54) is 29.5 Å². The van der Waals surface area contributed by atoms with Gasteiger partial charge in [0.2, 0.25) is 0 Å². The van der Waals surface area contributed by atoms with E-state index in [-0.39, 0.29) is 6.10 Å². The fourth-order valence-electron chi connectivity index (χ4n) is 2.79. The zero-order valence-corrected chi connectivity index (χ0v) is 11.1. The molecule has 1 aliphatic rings. The summed E-state index contributed by atoms with van der Waals surface area (Å²) in [5.41, 5.74) is 4.04. The summed E-state index contributed by atoms with van der Waals surface area (Å²) in [6, 6.07) is 6.66.